The lowest BCUT2D eigenvalue weighted by Crippen LogP contribution is -2.44. The molecule has 0 aliphatic carbocycles. The zero-order chi connectivity index (χ0) is 23.1. The molecule has 1 aliphatic rings. The quantitative estimate of drug-likeness (QED) is 0.574. The summed E-state index contributed by atoms with van der Waals surface area (Å²) in [6.45, 7) is 0.0645. The predicted molar refractivity (Wildman–Crippen MR) is 119 cm³/mol. The first-order chi connectivity index (χ1) is 15.5. The number of halogens is 2. The zero-order valence-electron chi connectivity index (χ0n) is 18.0. The van der Waals surface area contributed by atoms with Crippen LogP contribution in [0.15, 0.2) is 53.6 Å². The van der Waals surface area contributed by atoms with E-state index in [0.717, 1.165) is 0 Å². The fourth-order valence-corrected chi connectivity index (χ4v) is 3.77. The van der Waals surface area contributed by atoms with Gasteiger partial charge in [0.1, 0.15) is 19.0 Å². The first-order valence-corrected chi connectivity index (χ1v) is 10.5. The molecule has 1 atom stereocenters. The van der Waals surface area contributed by atoms with Crippen molar-refractivity contribution in [3.8, 4) is 0 Å². The Morgan fingerprint density at radius 1 is 1.16 bits per heavy atom. The van der Waals surface area contributed by atoms with Gasteiger partial charge < -0.3 is 14.4 Å². The third kappa shape index (κ3) is 5.51. The number of nitrogens with zero attached hydrogens (tertiary/aromatic N) is 3. The Morgan fingerprint density at radius 3 is 2.56 bits per heavy atom. The molecule has 1 aliphatic heterocycles. The number of carbonyl (C=O) groups excluding carboxylic acids is 2. The monoisotopic (exact) mass is 461 g/mol. The molecule has 2 amide bonds. The van der Waals surface area contributed by atoms with Crippen LogP contribution in [0.5, 0.6) is 0 Å². The highest BCUT2D eigenvalue weighted by Gasteiger charge is 2.36. The summed E-state index contributed by atoms with van der Waals surface area (Å²) < 4.78 is 24.6. The van der Waals surface area contributed by atoms with Gasteiger partial charge in [0.25, 0.3) is 5.91 Å². The van der Waals surface area contributed by atoms with Crippen molar-refractivity contribution in [3.05, 3.63) is 70.5 Å². The molecule has 7 nitrogen and oxygen atoms in total. The van der Waals surface area contributed by atoms with Crippen LogP contribution >= 0.6 is 11.6 Å². The number of methoxy groups -OCH3 is 2. The van der Waals surface area contributed by atoms with E-state index in [1.807, 2.05) is 6.07 Å². The van der Waals surface area contributed by atoms with Crippen molar-refractivity contribution in [3.63, 3.8) is 0 Å². The molecule has 170 valence electrons. The van der Waals surface area contributed by atoms with Crippen LogP contribution in [0.4, 0.5) is 4.39 Å². The Morgan fingerprint density at radius 2 is 1.88 bits per heavy atom. The molecule has 9 heteroatoms. The van der Waals surface area contributed by atoms with Crippen molar-refractivity contribution in [1.29, 1.82) is 0 Å². The molecule has 2 aromatic carbocycles. The first kappa shape index (κ1) is 23.8. The van der Waals surface area contributed by atoms with E-state index in [2.05, 4.69) is 5.10 Å². The Labute approximate surface area is 191 Å². The molecule has 0 saturated heterocycles. The SMILES string of the molecule is COCCN(CC(=O)N1N=C(c2ccccc2Cl)CC1c1ccccc1F)C(=O)COC. The molecule has 2 aromatic rings. The van der Waals surface area contributed by atoms with Gasteiger partial charge in [-0.15, -0.1) is 0 Å². The fourth-order valence-electron chi connectivity index (χ4n) is 3.53. The lowest BCUT2D eigenvalue weighted by molar-refractivity contribution is -0.144. The van der Waals surface area contributed by atoms with E-state index >= 15 is 0 Å². The van der Waals surface area contributed by atoms with E-state index in [1.165, 1.54) is 30.2 Å². The van der Waals surface area contributed by atoms with E-state index in [0.29, 0.717) is 28.3 Å². The van der Waals surface area contributed by atoms with Gasteiger partial charge in [-0.1, -0.05) is 48.0 Å². The van der Waals surface area contributed by atoms with E-state index in [-0.39, 0.29) is 32.2 Å². The van der Waals surface area contributed by atoms with Crippen LogP contribution < -0.4 is 0 Å². The second kappa shape index (κ2) is 11.2. The fraction of sp³-hybridized carbons (Fsp3) is 0.348. The Balaban J connectivity index is 1.92. The van der Waals surface area contributed by atoms with Gasteiger partial charge in [-0.05, 0) is 12.1 Å². The van der Waals surface area contributed by atoms with Gasteiger partial charge in [0.05, 0.1) is 18.4 Å². The number of hydrogen-bond acceptors (Lipinski definition) is 5. The third-order valence-corrected chi connectivity index (χ3v) is 5.46. The van der Waals surface area contributed by atoms with Crippen molar-refractivity contribution < 1.29 is 23.5 Å². The minimum Gasteiger partial charge on any atom is -0.383 e. The van der Waals surface area contributed by atoms with E-state index in [9.17, 15) is 14.0 Å². The summed E-state index contributed by atoms with van der Waals surface area (Å²) in [4.78, 5) is 27.0. The Kier molecular flexibility index (Phi) is 8.33. The van der Waals surface area contributed by atoms with Gasteiger partial charge >= 0.3 is 0 Å². The van der Waals surface area contributed by atoms with Crippen molar-refractivity contribution in [1.82, 2.24) is 9.91 Å². The number of amides is 2. The maximum absolute atomic E-state index is 14.6. The summed E-state index contributed by atoms with van der Waals surface area (Å²) in [6, 6.07) is 12.8. The molecular formula is C23H25ClFN3O4. The highest BCUT2D eigenvalue weighted by Crippen LogP contribution is 2.35. The van der Waals surface area contributed by atoms with Crippen LogP contribution in [0.1, 0.15) is 23.6 Å². The van der Waals surface area contributed by atoms with Crippen molar-refractivity contribution >= 4 is 29.1 Å². The van der Waals surface area contributed by atoms with Crippen molar-refractivity contribution in [2.75, 3.05) is 40.5 Å². The Hall–Kier alpha value is -2.81. The number of carbonyl (C=O) groups is 2. The maximum atomic E-state index is 14.6. The topological polar surface area (TPSA) is 71.4 Å². The molecule has 32 heavy (non-hydrogen) atoms. The average Bonchev–Trinajstić information content (AvgIpc) is 3.22. The van der Waals surface area contributed by atoms with E-state index in [1.54, 1.807) is 36.4 Å². The van der Waals surface area contributed by atoms with Crippen LogP contribution in [0, 0.1) is 5.82 Å². The normalized spacial score (nSPS) is 15.6. The molecule has 0 bridgehead atoms. The van der Waals surface area contributed by atoms with Crippen molar-refractivity contribution in [2.24, 2.45) is 5.10 Å². The number of rotatable bonds is 9. The molecule has 0 saturated carbocycles. The van der Waals surface area contributed by atoms with Crippen LogP contribution in [-0.4, -0.2) is 68.0 Å². The summed E-state index contributed by atoms with van der Waals surface area (Å²) in [7, 11) is 2.92. The van der Waals surface area contributed by atoms with Gasteiger partial charge in [0, 0.05) is 43.3 Å². The molecular weight excluding hydrogens is 437 g/mol. The van der Waals surface area contributed by atoms with E-state index in [4.69, 9.17) is 21.1 Å². The summed E-state index contributed by atoms with van der Waals surface area (Å²) >= 11 is 6.34. The van der Waals surface area contributed by atoms with Crippen LogP contribution in [-0.2, 0) is 19.1 Å². The lowest BCUT2D eigenvalue weighted by atomic mass is 9.98. The van der Waals surface area contributed by atoms with Gasteiger partial charge in [0.2, 0.25) is 5.91 Å². The van der Waals surface area contributed by atoms with Gasteiger partial charge in [-0.25, -0.2) is 9.40 Å². The minimum absolute atomic E-state index is 0.165. The first-order valence-electron chi connectivity index (χ1n) is 10.1. The maximum Gasteiger partial charge on any atom is 0.262 e. The smallest absolute Gasteiger partial charge is 0.262 e. The van der Waals surface area contributed by atoms with Gasteiger partial charge in [-0.3, -0.25) is 9.59 Å². The standard InChI is InChI=1S/C23H25ClFN3O4/c1-31-12-11-27(23(30)15-32-2)14-22(29)28-21(17-8-4-6-10-19(17)25)13-20(26-28)16-7-3-5-9-18(16)24/h3-10,21H,11-15H2,1-2H3. The van der Waals surface area contributed by atoms with Crippen LogP contribution in [0.25, 0.3) is 0 Å². The second-order valence-electron chi connectivity index (χ2n) is 7.25. The zero-order valence-corrected chi connectivity index (χ0v) is 18.7. The summed E-state index contributed by atoms with van der Waals surface area (Å²) in [6.07, 6.45) is 0.292. The largest absolute Gasteiger partial charge is 0.383 e. The molecule has 1 heterocycles. The molecule has 0 aromatic heterocycles. The van der Waals surface area contributed by atoms with Crippen LogP contribution in [0.3, 0.4) is 0 Å². The van der Waals surface area contributed by atoms with Gasteiger partial charge in [-0.2, -0.15) is 5.10 Å². The van der Waals surface area contributed by atoms with Crippen LogP contribution in [0.2, 0.25) is 5.02 Å². The van der Waals surface area contributed by atoms with E-state index < -0.39 is 17.8 Å². The molecule has 3 rings (SSSR count). The number of ether oxygens (including phenoxy) is 2. The molecule has 0 N–H and O–H groups in total. The number of hydrogen-bond donors (Lipinski definition) is 0. The van der Waals surface area contributed by atoms with Crippen molar-refractivity contribution in [2.45, 2.75) is 12.5 Å². The minimum atomic E-state index is -0.656. The molecule has 1 unspecified atom stereocenters. The highest BCUT2D eigenvalue weighted by atomic mass is 35.5. The Bertz CT molecular complexity index is 1000. The predicted octanol–water partition coefficient (Wildman–Crippen LogP) is 3.28. The summed E-state index contributed by atoms with van der Waals surface area (Å²) in [5.74, 6) is -1.23. The molecule has 0 fully saturated rings. The third-order valence-electron chi connectivity index (χ3n) is 5.13. The highest BCUT2D eigenvalue weighted by molar-refractivity contribution is 6.34. The summed E-state index contributed by atoms with van der Waals surface area (Å²) in [5, 5.41) is 6.24. The van der Waals surface area contributed by atoms with Gasteiger partial charge in [0.15, 0.2) is 0 Å². The average molecular weight is 462 g/mol. The molecule has 0 radical (unpaired) electrons. The number of hydrazone groups is 1. The number of benzene rings is 2. The second-order valence-corrected chi connectivity index (χ2v) is 7.65. The lowest BCUT2D eigenvalue weighted by Gasteiger charge is -2.27. The molecule has 0 spiro atoms. The summed E-state index contributed by atoms with van der Waals surface area (Å²) in [5.41, 5.74) is 1.60.